The van der Waals surface area contributed by atoms with Crippen LogP contribution in [0.25, 0.3) is 10.9 Å². The summed E-state index contributed by atoms with van der Waals surface area (Å²) < 4.78 is 25.4. The summed E-state index contributed by atoms with van der Waals surface area (Å²) in [6.07, 6.45) is 1.57. The SMILES string of the molecule is COc1c([At])c(F)c2c(CC(N)C(=O)O)c[nH]c2c1OC. The number of carboxylic acids is 1. The van der Waals surface area contributed by atoms with Gasteiger partial charge in [0.25, 0.3) is 0 Å². The molecule has 0 saturated carbocycles. The Kier molecular flexibility index (Phi) is 4.68. The number of aromatic nitrogens is 1. The van der Waals surface area contributed by atoms with Gasteiger partial charge in [-0.25, -0.2) is 0 Å². The molecular formula is C13H14AtFN2O4. The van der Waals surface area contributed by atoms with Crippen LogP contribution in [0.5, 0.6) is 11.5 Å². The van der Waals surface area contributed by atoms with Crippen molar-refractivity contribution in [1.82, 2.24) is 4.98 Å². The van der Waals surface area contributed by atoms with Crippen molar-refractivity contribution in [2.45, 2.75) is 12.5 Å². The van der Waals surface area contributed by atoms with E-state index in [0.29, 0.717) is 31.2 Å². The fourth-order valence-electron chi connectivity index (χ4n) is 2.18. The number of rotatable bonds is 5. The van der Waals surface area contributed by atoms with Crippen LogP contribution in [-0.2, 0) is 11.2 Å². The van der Waals surface area contributed by atoms with Gasteiger partial charge in [-0.05, 0) is 0 Å². The molecule has 0 spiro atoms. The normalized spacial score (nSPS) is 12.4. The average molecular weight is 491 g/mol. The number of nitrogens with two attached hydrogens (primary N) is 1. The van der Waals surface area contributed by atoms with Crippen molar-refractivity contribution in [2.75, 3.05) is 14.2 Å². The summed E-state index contributed by atoms with van der Waals surface area (Å²) in [5.41, 5.74) is 6.45. The summed E-state index contributed by atoms with van der Waals surface area (Å²) in [7, 11) is 2.90. The number of aromatic amines is 1. The minimum atomic E-state index is -1.13. The molecule has 0 aliphatic heterocycles. The number of ether oxygens (including phenoxy) is 2. The summed E-state index contributed by atoms with van der Waals surface area (Å²) >= 11 is 1.11. The number of benzene rings is 1. The van der Waals surface area contributed by atoms with Gasteiger partial charge in [0.2, 0.25) is 0 Å². The Hall–Kier alpha value is -1.40. The summed E-state index contributed by atoms with van der Waals surface area (Å²) in [6.45, 7) is 0. The number of aliphatic carboxylic acids is 1. The van der Waals surface area contributed by atoms with Gasteiger partial charge < -0.3 is 0 Å². The molecule has 4 N–H and O–H groups in total. The Morgan fingerprint density at radius 3 is 2.62 bits per heavy atom. The van der Waals surface area contributed by atoms with E-state index in [4.69, 9.17) is 20.3 Å². The van der Waals surface area contributed by atoms with Crippen LogP contribution in [0, 0.1) is 30.5 Å². The van der Waals surface area contributed by atoms with Gasteiger partial charge in [-0.3, -0.25) is 0 Å². The van der Waals surface area contributed by atoms with E-state index in [-0.39, 0.29) is 6.42 Å². The number of nitrogens with one attached hydrogen (secondary N) is 1. The third kappa shape index (κ3) is 2.70. The number of carboxylic acid groups (broad SMARTS) is 1. The Morgan fingerprint density at radius 2 is 2.10 bits per heavy atom. The van der Waals surface area contributed by atoms with Crippen molar-refractivity contribution in [2.24, 2.45) is 5.73 Å². The molecule has 2 aromatic rings. The Morgan fingerprint density at radius 1 is 1.48 bits per heavy atom. The molecule has 0 saturated heterocycles. The molecule has 2 rings (SSSR count). The molecule has 0 bridgehead atoms. The van der Waals surface area contributed by atoms with Crippen LogP contribution in [0.4, 0.5) is 4.39 Å². The molecule has 1 unspecified atom stereocenters. The standard InChI is InChI=1S/C13H14AtFN2O4/c1-20-11-8(14)9(15)7-5(3-6(16)13(18)19)4-17-10(7)12(11)21-2/h4,6,17H,3,16H2,1-2H3,(H,18,19). The molecule has 0 aliphatic rings. The minimum absolute atomic E-state index is 0.0212. The van der Waals surface area contributed by atoms with Crippen LogP contribution in [0.15, 0.2) is 6.20 Å². The van der Waals surface area contributed by atoms with Crippen molar-refractivity contribution in [1.29, 1.82) is 0 Å². The van der Waals surface area contributed by atoms with Crippen molar-refractivity contribution < 1.29 is 48.5 Å². The second-order valence-corrected chi connectivity index (χ2v) is 5.88. The van der Waals surface area contributed by atoms with Gasteiger partial charge in [-0.15, -0.1) is 0 Å². The van der Waals surface area contributed by atoms with E-state index in [1.54, 1.807) is 6.20 Å². The van der Waals surface area contributed by atoms with E-state index in [2.05, 4.69) is 4.98 Å². The van der Waals surface area contributed by atoms with Gasteiger partial charge in [-0.2, -0.15) is 0 Å². The maximum atomic E-state index is 14.6. The van der Waals surface area contributed by atoms with Gasteiger partial charge in [0.15, 0.2) is 0 Å². The number of halogens is 1. The van der Waals surface area contributed by atoms with Gasteiger partial charge in [0, 0.05) is 0 Å². The molecule has 1 atom stereocenters. The number of hydrogen-bond donors (Lipinski definition) is 3. The van der Waals surface area contributed by atoms with Gasteiger partial charge in [-0.1, -0.05) is 0 Å². The molecule has 8 heteroatoms. The zero-order valence-corrected chi connectivity index (χ0v) is 14.3. The molecule has 0 amide bonds. The first-order valence-electron chi connectivity index (χ1n) is 5.99. The summed E-state index contributed by atoms with van der Waals surface area (Å²) in [4.78, 5) is 13.8. The first-order chi connectivity index (χ1) is 9.92. The molecule has 0 aliphatic carbocycles. The van der Waals surface area contributed by atoms with Crippen molar-refractivity contribution >= 4 is 20.1 Å². The van der Waals surface area contributed by atoms with E-state index < -0.39 is 17.8 Å². The van der Waals surface area contributed by atoms with Gasteiger partial charge in [0.1, 0.15) is 0 Å². The summed E-state index contributed by atoms with van der Waals surface area (Å²) in [6, 6.07) is -1.10. The fraction of sp³-hybridized carbons (Fsp3) is 0.308. The van der Waals surface area contributed by atoms with Crippen LogP contribution in [0.3, 0.4) is 0 Å². The van der Waals surface area contributed by atoms with E-state index in [1.807, 2.05) is 0 Å². The number of H-pyrrole nitrogens is 1. The Bertz CT molecular complexity index is 701. The molecule has 1 aromatic heterocycles. The molecule has 114 valence electrons. The molecule has 1 aromatic carbocycles. The third-order valence-corrected chi connectivity index (χ3v) is 4.48. The molecule has 1 heterocycles. The molecule has 21 heavy (non-hydrogen) atoms. The van der Waals surface area contributed by atoms with Crippen molar-refractivity contribution in [3.05, 3.63) is 17.6 Å². The maximum absolute atomic E-state index is 14.6. The van der Waals surface area contributed by atoms with E-state index in [9.17, 15) is 9.18 Å². The van der Waals surface area contributed by atoms with E-state index in [0.717, 1.165) is 24.7 Å². The first-order valence-corrected chi connectivity index (χ1v) is 7.46. The summed E-state index contributed by atoms with van der Waals surface area (Å²) in [5.74, 6) is -0.865. The fourth-order valence-corrected chi connectivity index (χ4v) is 3.18. The molecule has 0 fully saturated rings. The second kappa shape index (κ2) is 6.16. The Labute approximate surface area is 135 Å². The third-order valence-electron chi connectivity index (χ3n) is 3.17. The number of methoxy groups -OCH3 is 2. The quantitative estimate of drug-likeness (QED) is 0.565. The van der Waals surface area contributed by atoms with Crippen LogP contribution < -0.4 is 18.5 Å². The van der Waals surface area contributed by atoms with Crippen molar-refractivity contribution in [3.63, 3.8) is 0 Å². The topological polar surface area (TPSA) is 97.6 Å². The number of fused-ring (bicyclic) bond motifs is 1. The predicted octanol–water partition coefficient (Wildman–Crippen LogP) is 0.453. The Balaban J connectivity index is 2.67. The zero-order chi connectivity index (χ0) is 15.7. The van der Waals surface area contributed by atoms with Crippen LogP contribution >= 0.6 is 0 Å². The first kappa shape index (κ1) is 16.0. The molecule has 6 nitrogen and oxygen atoms in total. The molecule has 0 radical (unpaired) electrons. The predicted molar refractivity (Wildman–Crippen MR) is 70.3 cm³/mol. The zero-order valence-electron chi connectivity index (χ0n) is 11.4. The van der Waals surface area contributed by atoms with Crippen LogP contribution in [0.1, 0.15) is 5.56 Å². The summed E-state index contributed by atoms with van der Waals surface area (Å²) in [5, 5.41) is 9.18. The van der Waals surface area contributed by atoms with Crippen LogP contribution in [0.2, 0.25) is 0 Å². The van der Waals surface area contributed by atoms with E-state index >= 15 is 0 Å². The monoisotopic (exact) mass is 491 g/mol. The van der Waals surface area contributed by atoms with Crippen LogP contribution in [-0.4, -0.2) is 36.3 Å². The number of carbonyl (C=O) groups is 1. The molecular weight excluding hydrogens is 477 g/mol. The van der Waals surface area contributed by atoms with E-state index in [1.165, 1.54) is 14.2 Å². The number of hydrogen-bond acceptors (Lipinski definition) is 4. The van der Waals surface area contributed by atoms with Gasteiger partial charge in [0.05, 0.1) is 0 Å². The average Bonchev–Trinajstić information content (AvgIpc) is 2.86. The second-order valence-electron chi connectivity index (χ2n) is 4.41. The van der Waals surface area contributed by atoms with Crippen molar-refractivity contribution in [3.8, 4) is 11.5 Å². The van der Waals surface area contributed by atoms with Gasteiger partial charge >= 0.3 is 135 Å².